The van der Waals surface area contributed by atoms with Crippen LogP contribution in [0.1, 0.15) is 19.8 Å². The number of Topliss-reactive ketones (excluding diaryl/α,β-unsaturated/α-hetero) is 1. The molecule has 0 atom stereocenters. The topological polar surface area (TPSA) is 60.7 Å². The van der Waals surface area contributed by atoms with E-state index in [2.05, 4.69) is 15.0 Å². The lowest BCUT2D eigenvalue weighted by atomic mass is 10.2. The minimum absolute atomic E-state index is 0.218. The number of aryl methyl sites for hydroxylation is 1. The van der Waals surface area contributed by atoms with Crippen LogP contribution in [0, 0.1) is 0 Å². The van der Waals surface area contributed by atoms with Crippen LogP contribution in [-0.2, 0) is 11.3 Å². The minimum Gasteiger partial charge on any atom is -0.328 e. The Hall–Kier alpha value is -1.78. The first-order valence-electron chi connectivity index (χ1n) is 4.87. The first-order chi connectivity index (χ1) is 7.27. The molecule has 2 aromatic rings. The number of carbonyl (C=O) groups excluding carboxylic acids is 1. The molecule has 5 heteroatoms. The van der Waals surface area contributed by atoms with Crippen LogP contribution in [-0.4, -0.2) is 25.3 Å². The Balaban J connectivity index is 2.11. The van der Waals surface area contributed by atoms with Crippen molar-refractivity contribution in [3.63, 3.8) is 0 Å². The van der Waals surface area contributed by atoms with E-state index in [0.29, 0.717) is 12.1 Å². The molecule has 0 fully saturated rings. The number of hydrogen-bond donors (Lipinski definition) is 0. The van der Waals surface area contributed by atoms with Crippen LogP contribution in [0.25, 0.3) is 11.2 Å². The summed E-state index contributed by atoms with van der Waals surface area (Å²) in [6.45, 7) is 2.39. The molecule has 2 heterocycles. The molecule has 0 aromatic carbocycles. The number of imidazole rings is 1. The third kappa shape index (κ3) is 2.18. The van der Waals surface area contributed by atoms with Gasteiger partial charge in [-0.2, -0.15) is 0 Å². The summed E-state index contributed by atoms with van der Waals surface area (Å²) in [5.41, 5.74) is 1.62. The molecule has 5 nitrogen and oxygen atoms in total. The van der Waals surface area contributed by atoms with Gasteiger partial charge in [0.1, 0.15) is 17.6 Å². The van der Waals surface area contributed by atoms with Crippen molar-refractivity contribution in [2.75, 3.05) is 0 Å². The standard InChI is InChI=1S/C10H12N4O/c1-8(15)3-2-4-14-7-13-10-9(14)5-11-6-12-10/h5-7H,2-4H2,1H3. The summed E-state index contributed by atoms with van der Waals surface area (Å²) in [6.07, 6.45) is 6.39. The van der Waals surface area contributed by atoms with Crippen LogP contribution in [0.4, 0.5) is 0 Å². The molecule has 0 unspecified atom stereocenters. The molecular formula is C10H12N4O. The van der Waals surface area contributed by atoms with Crippen molar-refractivity contribution < 1.29 is 4.79 Å². The zero-order valence-corrected chi connectivity index (χ0v) is 8.55. The zero-order valence-electron chi connectivity index (χ0n) is 8.55. The van der Waals surface area contributed by atoms with Crippen LogP contribution in [0.3, 0.4) is 0 Å². The monoisotopic (exact) mass is 204 g/mol. The van der Waals surface area contributed by atoms with E-state index in [0.717, 1.165) is 18.5 Å². The summed E-state index contributed by atoms with van der Waals surface area (Å²) in [5, 5.41) is 0. The summed E-state index contributed by atoms with van der Waals surface area (Å²) in [6, 6.07) is 0. The maximum atomic E-state index is 10.8. The Labute approximate surface area is 87.2 Å². The molecule has 0 radical (unpaired) electrons. The van der Waals surface area contributed by atoms with Gasteiger partial charge in [0, 0.05) is 13.0 Å². The summed E-state index contributed by atoms with van der Waals surface area (Å²) in [7, 11) is 0. The fourth-order valence-electron chi connectivity index (χ4n) is 1.48. The number of hydrogen-bond acceptors (Lipinski definition) is 4. The molecule has 0 spiro atoms. The van der Waals surface area contributed by atoms with Gasteiger partial charge >= 0.3 is 0 Å². The predicted octanol–water partition coefficient (Wildman–Crippen LogP) is 1.20. The van der Waals surface area contributed by atoms with Crippen LogP contribution in [0.15, 0.2) is 18.9 Å². The van der Waals surface area contributed by atoms with E-state index in [1.165, 1.54) is 6.33 Å². The molecule has 15 heavy (non-hydrogen) atoms. The normalized spacial score (nSPS) is 10.7. The lowest BCUT2D eigenvalue weighted by Crippen LogP contribution is -1.99. The van der Waals surface area contributed by atoms with Gasteiger partial charge in [0.05, 0.1) is 12.5 Å². The highest BCUT2D eigenvalue weighted by Gasteiger charge is 2.02. The van der Waals surface area contributed by atoms with E-state index < -0.39 is 0 Å². The number of carbonyl (C=O) groups is 1. The Bertz CT molecular complexity index is 477. The SMILES string of the molecule is CC(=O)CCCn1cnc2ncncc21. The third-order valence-corrected chi connectivity index (χ3v) is 2.23. The molecule has 2 aromatic heterocycles. The predicted molar refractivity (Wildman–Crippen MR) is 55.2 cm³/mol. The smallest absolute Gasteiger partial charge is 0.180 e. The van der Waals surface area contributed by atoms with Crippen LogP contribution < -0.4 is 0 Å². The number of fused-ring (bicyclic) bond motifs is 1. The van der Waals surface area contributed by atoms with Gasteiger partial charge in [-0.1, -0.05) is 0 Å². The van der Waals surface area contributed by atoms with Crippen LogP contribution >= 0.6 is 0 Å². The maximum absolute atomic E-state index is 10.8. The van der Waals surface area contributed by atoms with Gasteiger partial charge in [0.15, 0.2) is 5.65 Å². The van der Waals surface area contributed by atoms with E-state index >= 15 is 0 Å². The zero-order chi connectivity index (χ0) is 10.7. The summed E-state index contributed by atoms with van der Waals surface area (Å²) < 4.78 is 1.97. The van der Waals surface area contributed by atoms with E-state index in [1.807, 2.05) is 4.57 Å². The largest absolute Gasteiger partial charge is 0.328 e. The highest BCUT2D eigenvalue weighted by atomic mass is 16.1. The quantitative estimate of drug-likeness (QED) is 0.750. The Morgan fingerprint density at radius 2 is 2.33 bits per heavy atom. The van der Waals surface area contributed by atoms with Crippen molar-refractivity contribution in [1.82, 2.24) is 19.5 Å². The molecule has 0 saturated carbocycles. The second kappa shape index (κ2) is 4.16. The number of nitrogens with zero attached hydrogens (tertiary/aromatic N) is 4. The fourth-order valence-corrected chi connectivity index (χ4v) is 1.48. The van der Waals surface area contributed by atoms with E-state index in [9.17, 15) is 4.79 Å². The lowest BCUT2D eigenvalue weighted by molar-refractivity contribution is -0.117. The van der Waals surface area contributed by atoms with Crippen molar-refractivity contribution in [3.05, 3.63) is 18.9 Å². The molecule has 0 N–H and O–H groups in total. The third-order valence-electron chi connectivity index (χ3n) is 2.23. The van der Waals surface area contributed by atoms with Gasteiger partial charge in [0.2, 0.25) is 0 Å². The number of aromatic nitrogens is 4. The van der Waals surface area contributed by atoms with E-state index in [1.54, 1.807) is 19.4 Å². The van der Waals surface area contributed by atoms with E-state index in [-0.39, 0.29) is 5.78 Å². The molecule has 0 aliphatic rings. The van der Waals surface area contributed by atoms with Crippen molar-refractivity contribution in [3.8, 4) is 0 Å². The van der Waals surface area contributed by atoms with Crippen LogP contribution in [0.2, 0.25) is 0 Å². The highest BCUT2D eigenvalue weighted by molar-refractivity contribution is 5.75. The van der Waals surface area contributed by atoms with Crippen molar-refractivity contribution in [2.45, 2.75) is 26.3 Å². The second-order valence-electron chi connectivity index (χ2n) is 3.48. The molecule has 78 valence electrons. The molecule has 0 aliphatic carbocycles. The van der Waals surface area contributed by atoms with Crippen molar-refractivity contribution in [2.24, 2.45) is 0 Å². The number of ketones is 1. The molecule has 0 saturated heterocycles. The average Bonchev–Trinajstić information content (AvgIpc) is 2.62. The fraction of sp³-hybridized carbons (Fsp3) is 0.400. The van der Waals surface area contributed by atoms with Crippen molar-refractivity contribution in [1.29, 1.82) is 0 Å². The summed E-state index contributed by atoms with van der Waals surface area (Å²) >= 11 is 0. The summed E-state index contributed by atoms with van der Waals surface area (Å²) in [4.78, 5) is 22.9. The Morgan fingerprint density at radius 3 is 3.13 bits per heavy atom. The van der Waals surface area contributed by atoms with E-state index in [4.69, 9.17) is 0 Å². The molecule has 0 aliphatic heterocycles. The molecular weight excluding hydrogens is 192 g/mol. The van der Waals surface area contributed by atoms with Gasteiger partial charge in [-0.05, 0) is 13.3 Å². The molecule has 0 amide bonds. The lowest BCUT2D eigenvalue weighted by Gasteiger charge is -2.01. The van der Waals surface area contributed by atoms with Crippen molar-refractivity contribution >= 4 is 16.9 Å². The highest BCUT2D eigenvalue weighted by Crippen LogP contribution is 2.08. The van der Waals surface area contributed by atoms with Gasteiger partial charge in [-0.15, -0.1) is 0 Å². The first-order valence-corrected chi connectivity index (χ1v) is 4.87. The number of rotatable bonds is 4. The Kier molecular flexibility index (Phi) is 2.71. The van der Waals surface area contributed by atoms with Gasteiger partial charge < -0.3 is 9.36 Å². The summed E-state index contributed by atoms with van der Waals surface area (Å²) in [5.74, 6) is 0.218. The second-order valence-corrected chi connectivity index (χ2v) is 3.48. The van der Waals surface area contributed by atoms with Gasteiger partial charge in [-0.25, -0.2) is 15.0 Å². The molecule has 2 rings (SSSR count). The van der Waals surface area contributed by atoms with Gasteiger partial charge in [-0.3, -0.25) is 0 Å². The Morgan fingerprint density at radius 1 is 1.47 bits per heavy atom. The first kappa shape index (κ1) is 9.76. The van der Waals surface area contributed by atoms with Gasteiger partial charge in [0.25, 0.3) is 0 Å². The molecule has 0 bridgehead atoms. The average molecular weight is 204 g/mol. The minimum atomic E-state index is 0.218. The van der Waals surface area contributed by atoms with Crippen LogP contribution in [0.5, 0.6) is 0 Å². The maximum Gasteiger partial charge on any atom is 0.180 e.